The number of halogens is 1. The van der Waals surface area contributed by atoms with Crippen molar-refractivity contribution in [1.82, 2.24) is 25.3 Å². The number of pyridine rings is 1. The van der Waals surface area contributed by atoms with E-state index in [1.165, 1.54) is 0 Å². The van der Waals surface area contributed by atoms with Crippen molar-refractivity contribution in [2.45, 2.75) is 13.5 Å². The van der Waals surface area contributed by atoms with Crippen molar-refractivity contribution in [3.63, 3.8) is 0 Å². The van der Waals surface area contributed by atoms with Gasteiger partial charge >= 0.3 is 0 Å². The maximum Gasteiger partial charge on any atom is 0.274 e. The van der Waals surface area contributed by atoms with Crippen LogP contribution in [0.1, 0.15) is 21.7 Å². The smallest absolute Gasteiger partial charge is 0.274 e. The molecule has 0 saturated heterocycles. The zero-order valence-corrected chi connectivity index (χ0v) is 14.0. The predicted octanol–water partition coefficient (Wildman–Crippen LogP) is 2.66. The Labute approximate surface area is 141 Å². The van der Waals surface area contributed by atoms with E-state index in [0.717, 1.165) is 15.7 Å². The summed E-state index contributed by atoms with van der Waals surface area (Å²) in [5.41, 5.74) is 2.83. The number of aromatic nitrogens is 4. The molecular formula is C16H14BrN5O. The summed E-state index contributed by atoms with van der Waals surface area (Å²) >= 11 is 3.42. The van der Waals surface area contributed by atoms with E-state index in [2.05, 4.69) is 36.5 Å². The maximum atomic E-state index is 12.3. The van der Waals surface area contributed by atoms with Crippen LogP contribution >= 0.6 is 15.9 Å². The third kappa shape index (κ3) is 3.45. The molecule has 2 heterocycles. The van der Waals surface area contributed by atoms with Gasteiger partial charge in [0.05, 0.1) is 11.4 Å². The van der Waals surface area contributed by atoms with Gasteiger partial charge in [-0.15, -0.1) is 5.10 Å². The van der Waals surface area contributed by atoms with Crippen molar-refractivity contribution < 1.29 is 4.79 Å². The van der Waals surface area contributed by atoms with Gasteiger partial charge in [0.2, 0.25) is 0 Å². The molecule has 0 aliphatic carbocycles. The molecule has 3 aromatic rings. The molecule has 2 aromatic heterocycles. The van der Waals surface area contributed by atoms with Gasteiger partial charge in [-0.3, -0.25) is 9.78 Å². The van der Waals surface area contributed by atoms with Gasteiger partial charge in [0.1, 0.15) is 0 Å². The Morgan fingerprint density at radius 3 is 2.78 bits per heavy atom. The molecule has 7 heteroatoms. The molecule has 1 aromatic carbocycles. The Kier molecular flexibility index (Phi) is 4.47. The molecule has 0 atom stereocenters. The molecule has 0 aliphatic heterocycles. The zero-order valence-electron chi connectivity index (χ0n) is 12.4. The van der Waals surface area contributed by atoms with Crippen molar-refractivity contribution in [2.24, 2.45) is 0 Å². The number of benzene rings is 1. The summed E-state index contributed by atoms with van der Waals surface area (Å²) in [6.45, 7) is 2.24. The fraction of sp³-hybridized carbons (Fsp3) is 0.125. The lowest BCUT2D eigenvalue weighted by Crippen LogP contribution is -2.24. The summed E-state index contributed by atoms with van der Waals surface area (Å²) in [7, 11) is 0. The second kappa shape index (κ2) is 6.70. The molecule has 0 spiro atoms. The lowest BCUT2D eigenvalue weighted by Gasteiger charge is -2.05. The van der Waals surface area contributed by atoms with Gasteiger partial charge < -0.3 is 5.32 Å². The van der Waals surface area contributed by atoms with E-state index in [9.17, 15) is 4.79 Å². The molecule has 1 amide bonds. The first-order chi connectivity index (χ1) is 11.1. The Hall–Kier alpha value is -2.54. The van der Waals surface area contributed by atoms with Gasteiger partial charge in [-0.1, -0.05) is 27.2 Å². The highest BCUT2D eigenvalue weighted by molar-refractivity contribution is 9.10. The van der Waals surface area contributed by atoms with Gasteiger partial charge in [0.25, 0.3) is 5.91 Å². The summed E-state index contributed by atoms with van der Waals surface area (Å²) in [6, 6.07) is 11.4. The van der Waals surface area contributed by atoms with E-state index in [1.807, 2.05) is 43.3 Å². The third-order valence-corrected chi connectivity index (χ3v) is 3.86. The summed E-state index contributed by atoms with van der Waals surface area (Å²) in [6.07, 6.45) is 3.38. The zero-order chi connectivity index (χ0) is 16.2. The number of nitrogens with zero attached hydrogens (tertiary/aromatic N) is 4. The number of amides is 1. The standard InChI is InChI=1S/C16H14BrN5O/c1-11-15(16(23)19-10-12-5-7-18-8-6-12)20-21-22(11)14-4-2-3-13(17)9-14/h2-9H,10H2,1H3,(H,19,23). The number of carbonyl (C=O) groups excluding carboxylic acids is 1. The number of hydrogen-bond donors (Lipinski definition) is 1. The average Bonchev–Trinajstić information content (AvgIpc) is 2.95. The minimum absolute atomic E-state index is 0.249. The first kappa shape index (κ1) is 15.4. The number of carbonyl (C=O) groups is 1. The van der Waals surface area contributed by atoms with Crippen LogP contribution in [0.4, 0.5) is 0 Å². The van der Waals surface area contributed by atoms with Gasteiger partial charge in [-0.05, 0) is 42.8 Å². The Bertz CT molecular complexity index is 831. The molecular weight excluding hydrogens is 358 g/mol. The Balaban J connectivity index is 1.77. The molecule has 0 saturated carbocycles. The van der Waals surface area contributed by atoms with Crippen LogP contribution in [0.25, 0.3) is 5.69 Å². The van der Waals surface area contributed by atoms with Crippen LogP contribution in [0, 0.1) is 6.92 Å². The Morgan fingerprint density at radius 1 is 1.26 bits per heavy atom. The van der Waals surface area contributed by atoms with Crippen molar-refractivity contribution in [1.29, 1.82) is 0 Å². The quantitative estimate of drug-likeness (QED) is 0.764. The van der Waals surface area contributed by atoms with Crippen molar-refractivity contribution in [2.75, 3.05) is 0 Å². The lowest BCUT2D eigenvalue weighted by atomic mass is 10.2. The summed E-state index contributed by atoms with van der Waals surface area (Å²) < 4.78 is 2.58. The molecule has 0 fully saturated rings. The number of hydrogen-bond acceptors (Lipinski definition) is 4. The molecule has 0 aliphatic rings. The van der Waals surface area contributed by atoms with Crippen LogP contribution in [-0.4, -0.2) is 25.9 Å². The van der Waals surface area contributed by atoms with E-state index in [4.69, 9.17) is 0 Å². The van der Waals surface area contributed by atoms with Crippen molar-refractivity contribution in [3.05, 3.63) is 70.2 Å². The fourth-order valence-electron chi connectivity index (χ4n) is 2.16. The molecule has 116 valence electrons. The van der Waals surface area contributed by atoms with E-state index in [-0.39, 0.29) is 5.91 Å². The second-order valence-corrected chi connectivity index (χ2v) is 5.87. The molecule has 23 heavy (non-hydrogen) atoms. The van der Waals surface area contributed by atoms with Crippen LogP contribution in [-0.2, 0) is 6.54 Å². The van der Waals surface area contributed by atoms with Gasteiger partial charge in [-0.25, -0.2) is 4.68 Å². The van der Waals surface area contributed by atoms with Crippen LogP contribution in [0.5, 0.6) is 0 Å². The summed E-state index contributed by atoms with van der Waals surface area (Å²) in [5, 5.41) is 10.9. The monoisotopic (exact) mass is 371 g/mol. The van der Waals surface area contributed by atoms with E-state index in [0.29, 0.717) is 17.9 Å². The molecule has 0 radical (unpaired) electrons. The highest BCUT2D eigenvalue weighted by Gasteiger charge is 2.17. The second-order valence-electron chi connectivity index (χ2n) is 4.95. The van der Waals surface area contributed by atoms with Crippen molar-refractivity contribution in [3.8, 4) is 5.69 Å². The molecule has 0 unspecified atom stereocenters. The van der Waals surface area contributed by atoms with Crippen LogP contribution in [0.2, 0.25) is 0 Å². The summed E-state index contributed by atoms with van der Waals surface area (Å²) in [5.74, 6) is -0.249. The largest absolute Gasteiger partial charge is 0.347 e. The number of nitrogens with one attached hydrogen (secondary N) is 1. The van der Waals surface area contributed by atoms with Gasteiger partial charge in [-0.2, -0.15) is 0 Å². The lowest BCUT2D eigenvalue weighted by molar-refractivity contribution is 0.0945. The van der Waals surface area contributed by atoms with Gasteiger partial charge in [0.15, 0.2) is 5.69 Å². The minimum Gasteiger partial charge on any atom is -0.347 e. The molecule has 3 rings (SSSR count). The number of rotatable bonds is 4. The maximum absolute atomic E-state index is 12.3. The van der Waals surface area contributed by atoms with Crippen LogP contribution < -0.4 is 5.32 Å². The molecule has 0 bridgehead atoms. The van der Waals surface area contributed by atoms with Gasteiger partial charge in [0, 0.05) is 23.4 Å². The average molecular weight is 372 g/mol. The van der Waals surface area contributed by atoms with Crippen LogP contribution in [0.3, 0.4) is 0 Å². The van der Waals surface area contributed by atoms with Crippen molar-refractivity contribution >= 4 is 21.8 Å². The minimum atomic E-state index is -0.249. The van der Waals surface area contributed by atoms with E-state index < -0.39 is 0 Å². The Morgan fingerprint density at radius 2 is 2.04 bits per heavy atom. The predicted molar refractivity (Wildman–Crippen MR) is 89.2 cm³/mol. The molecule has 6 nitrogen and oxygen atoms in total. The normalized spacial score (nSPS) is 10.5. The highest BCUT2D eigenvalue weighted by atomic mass is 79.9. The van der Waals surface area contributed by atoms with E-state index in [1.54, 1.807) is 17.1 Å². The topological polar surface area (TPSA) is 72.7 Å². The fourth-order valence-corrected chi connectivity index (χ4v) is 2.55. The third-order valence-electron chi connectivity index (χ3n) is 3.36. The van der Waals surface area contributed by atoms with Crippen LogP contribution in [0.15, 0.2) is 53.3 Å². The first-order valence-electron chi connectivity index (χ1n) is 7.00. The van der Waals surface area contributed by atoms with E-state index >= 15 is 0 Å². The first-order valence-corrected chi connectivity index (χ1v) is 7.80. The highest BCUT2D eigenvalue weighted by Crippen LogP contribution is 2.17. The summed E-state index contributed by atoms with van der Waals surface area (Å²) in [4.78, 5) is 16.2. The SMILES string of the molecule is Cc1c(C(=O)NCc2ccncc2)nnn1-c1cccc(Br)c1. The molecule has 1 N–H and O–H groups in total.